The number of esters is 1. The standard InChI is InChI=1S/C20H20N2O5S/c1-13-11-18(23)21-15-8-4-5-9-16(15)22(13)19(24)12-27-20(25)14-7-3-6-10-17(14)28(2)26/h3-10,13H,11-12H2,1-2H3,(H,21,23)/t13-,28-/m1/s1. The predicted molar refractivity (Wildman–Crippen MR) is 106 cm³/mol. The van der Waals surface area contributed by atoms with Crippen molar-refractivity contribution >= 4 is 40.0 Å². The van der Waals surface area contributed by atoms with Gasteiger partial charge in [0.1, 0.15) is 0 Å². The number of carbonyl (C=O) groups excluding carboxylic acids is 3. The lowest BCUT2D eigenvalue weighted by molar-refractivity contribution is -0.122. The van der Waals surface area contributed by atoms with Crippen LogP contribution in [0.3, 0.4) is 0 Å². The highest BCUT2D eigenvalue weighted by Gasteiger charge is 2.30. The third-order valence-corrected chi connectivity index (χ3v) is 5.35. The largest absolute Gasteiger partial charge is 0.452 e. The van der Waals surface area contributed by atoms with Gasteiger partial charge in [-0.25, -0.2) is 4.79 Å². The fourth-order valence-electron chi connectivity index (χ4n) is 3.13. The van der Waals surface area contributed by atoms with Crippen molar-refractivity contribution in [2.24, 2.45) is 0 Å². The van der Waals surface area contributed by atoms with Crippen molar-refractivity contribution in [2.45, 2.75) is 24.3 Å². The van der Waals surface area contributed by atoms with Crippen molar-refractivity contribution in [1.29, 1.82) is 0 Å². The van der Waals surface area contributed by atoms with Crippen molar-refractivity contribution in [3.8, 4) is 0 Å². The number of hydrogen-bond donors (Lipinski definition) is 1. The maximum atomic E-state index is 12.8. The minimum atomic E-state index is -1.36. The molecule has 1 heterocycles. The van der Waals surface area contributed by atoms with Gasteiger partial charge in [-0.1, -0.05) is 24.3 Å². The highest BCUT2D eigenvalue weighted by molar-refractivity contribution is 7.84. The molecule has 0 spiro atoms. The Morgan fingerprint density at radius 3 is 2.61 bits per heavy atom. The lowest BCUT2D eigenvalue weighted by Crippen LogP contribution is -2.41. The number of benzene rings is 2. The summed E-state index contributed by atoms with van der Waals surface area (Å²) in [6, 6.07) is 13.0. The third-order valence-electron chi connectivity index (χ3n) is 4.37. The van der Waals surface area contributed by atoms with Gasteiger partial charge in [-0.3, -0.25) is 13.8 Å². The molecule has 0 saturated heterocycles. The zero-order chi connectivity index (χ0) is 20.3. The van der Waals surface area contributed by atoms with Crippen molar-refractivity contribution in [1.82, 2.24) is 0 Å². The molecule has 0 unspecified atom stereocenters. The van der Waals surface area contributed by atoms with Gasteiger partial charge in [0.2, 0.25) is 5.91 Å². The SMILES string of the molecule is C[C@@H]1CC(=O)Nc2ccccc2N1C(=O)COC(=O)c1ccccc1[S@@](C)=O. The van der Waals surface area contributed by atoms with Gasteiger partial charge in [0.15, 0.2) is 6.61 Å². The van der Waals surface area contributed by atoms with E-state index in [1.165, 1.54) is 17.2 Å². The first-order valence-electron chi connectivity index (χ1n) is 8.69. The summed E-state index contributed by atoms with van der Waals surface area (Å²) in [4.78, 5) is 39.1. The van der Waals surface area contributed by atoms with Crippen LogP contribution in [0.25, 0.3) is 0 Å². The topological polar surface area (TPSA) is 92.8 Å². The van der Waals surface area contributed by atoms with Crippen molar-refractivity contribution in [3.63, 3.8) is 0 Å². The number of amides is 2. The normalized spacial score (nSPS) is 17.1. The summed E-state index contributed by atoms with van der Waals surface area (Å²) in [5.41, 5.74) is 1.25. The minimum Gasteiger partial charge on any atom is -0.452 e. The van der Waals surface area contributed by atoms with Gasteiger partial charge in [-0.15, -0.1) is 0 Å². The van der Waals surface area contributed by atoms with Gasteiger partial charge in [-0.05, 0) is 31.2 Å². The minimum absolute atomic E-state index is 0.131. The van der Waals surface area contributed by atoms with Crippen LogP contribution in [0.5, 0.6) is 0 Å². The smallest absolute Gasteiger partial charge is 0.339 e. The molecule has 0 saturated carbocycles. The molecule has 7 nitrogen and oxygen atoms in total. The van der Waals surface area contributed by atoms with Crippen molar-refractivity contribution < 1.29 is 23.3 Å². The number of hydrogen-bond acceptors (Lipinski definition) is 5. The van der Waals surface area contributed by atoms with Crippen LogP contribution in [0, 0.1) is 0 Å². The summed E-state index contributed by atoms with van der Waals surface area (Å²) in [6.45, 7) is 1.27. The summed E-state index contributed by atoms with van der Waals surface area (Å²) in [6.07, 6.45) is 1.60. The molecule has 2 amide bonds. The molecular formula is C20H20N2O5S. The zero-order valence-corrected chi connectivity index (χ0v) is 16.3. The number of fused-ring (bicyclic) bond motifs is 1. The Labute approximate surface area is 165 Å². The number of anilines is 2. The van der Waals surface area contributed by atoms with Crippen molar-refractivity contribution in [2.75, 3.05) is 23.1 Å². The molecule has 2 aromatic rings. The van der Waals surface area contributed by atoms with Crippen molar-refractivity contribution in [3.05, 3.63) is 54.1 Å². The van der Waals surface area contributed by atoms with E-state index in [0.29, 0.717) is 16.3 Å². The van der Waals surface area contributed by atoms with Gasteiger partial charge >= 0.3 is 5.97 Å². The van der Waals surface area contributed by atoms with Gasteiger partial charge in [0.25, 0.3) is 5.91 Å². The van der Waals surface area contributed by atoms with E-state index in [4.69, 9.17) is 4.74 Å². The Bertz CT molecular complexity index is 959. The number of ether oxygens (including phenoxy) is 1. The quantitative estimate of drug-likeness (QED) is 0.796. The predicted octanol–water partition coefficient (Wildman–Crippen LogP) is 2.34. The summed E-state index contributed by atoms with van der Waals surface area (Å²) >= 11 is 0. The second kappa shape index (κ2) is 8.35. The van der Waals surface area contributed by atoms with Crippen LogP contribution in [0.2, 0.25) is 0 Å². The Balaban J connectivity index is 1.79. The third kappa shape index (κ3) is 4.12. The average Bonchev–Trinajstić information content (AvgIpc) is 2.80. The zero-order valence-electron chi connectivity index (χ0n) is 15.5. The van der Waals surface area contributed by atoms with Crippen LogP contribution in [0.15, 0.2) is 53.4 Å². The highest BCUT2D eigenvalue weighted by atomic mass is 32.2. The number of nitrogens with one attached hydrogen (secondary N) is 1. The van der Waals surface area contributed by atoms with E-state index in [0.717, 1.165) is 0 Å². The lowest BCUT2D eigenvalue weighted by Gasteiger charge is -2.27. The first-order chi connectivity index (χ1) is 13.4. The monoisotopic (exact) mass is 400 g/mol. The molecule has 2 aromatic carbocycles. The van der Waals surface area contributed by atoms with Crippen LogP contribution < -0.4 is 10.2 Å². The molecule has 0 aromatic heterocycles. The van der Waals surface area contributed by atoms with Gasteiger partial charge < -0.3 is 15.0 Å². The molecule has 28 heavy (non-hydrogen) atoms. The van der Waals surface area contributed by atoms with Crippen LogP contribution in [0.4, 0.5) is 11.4 Å². The number of nitrogens with zero attached hydrogens (tertiary/aromatic N) is 1. The molecule has 1 aliphatic rings. The second-order valence-electron chi connectivity index (χ2n) is 6.41. The molecule has 2 atom stereocenters. The Kier molecular flexibility index (Phi) is 5.89. The molecule has 1 aliphatic heterocycles. The van der Waals surface area contributed by atoms with E-state index in [-0.39, 0.29) is 17.9 Å². The van der Waals surface area contributed by atoms with E-state index < -0.39 is 35.3 Å². The molecule has 0 aliphatic carbocycles. The number of carbonyl (C=O) groups is 3. The number of rotatable bonds is 4. The summed E-state index contributed by atoms with van der Waals surface area (Å²) < 4.78 is 17.0. The molecule has 0 fully saturated rings. The highest BCUT2D eigenvalue weighted by Crippen LogP contribution is 2.31. The fourth-order valence-corrected chi connectivity index (χ4v) is 3.86. The van der Waals surface area contributed by atoms with Crippen LogP contribution in [0.1, 0.15) is 23.7 Å². The van der Waals surface area contributed by atoms with Crippen LogP contribution in [-0.2, 0) is 25.1 Å². The number of para-hydroxylation sites is 2. The first kappa shape index (κ1) is 19.8. The Morgan fingerprint density at radius 2 is 1.86 bits per heavy atom. The van der Waals surface area contributed by atoms with Gasteiger partial charge in [0.05, 0.1) is 32.6 Å². The van der Waals surface area contributed by atoms with Crippen LogP contribution in [-0.4, -0.2) is 40.9 Å². The second-order valence-corrected chi connectivity index (χ2v) is 7.76. The molecule has 146 valence electrons. The van der Waals surface area contributed by atoms with E-state index in [1.807, 2.05) is 0 Å². The van der Waals surface area contributed by atoms with E-state index in [1.54, 1.807) is 49.4 Å². The Hall–Kier alpha value is -3.00. The molecule has 0 radical (unpaired) electrons. The summed E-state index contributed by atoms with van der Waals surface area (Å²) in [5.74, 6) is -1.35. The molecule has 3 rings (SSSR count). The molecule has 0 bridgehead atoms. The molecule has 8 heteroatoms. The average molecular weight is 400 g/mol. The molecular weight excluding hydrogens is 380 g/mol. The summed E-state index contributed by atoms with van der Waals surface area (Å²) in [7, 11) is -1.36. The molecule has 1 N–H and O–H groups in total. The van der Waals surface area contributed by atoms with Crippen LogP contribution >= 0.6 is 0 Å². The summed E-state index contributed by atoms with van der Waals surface area (Å²) in [5, 5.41) is 2.77. The van der Waals surface area contributed by atoms with E-state index in [2.05, 4.69) is 5.32 Å². The maximum Gasteiger partial charge on any atom is 0.339 e. The maximum absolute atomic E-state index is 12.8. The van der Waals surface area contributed by atoms with E-state index in [9.17, 15) is 18.6 Å². The Morgan fingerprint density at radius 1 is 1.18 bits per heavy atom. The van der Waals surface area contributed by atoms with Gasteiger partial charge in [-0.2, -0.15) is 0 Å². The lowest BCUT2D eigenvalue weighted by atomic mass is 10.1. The van der Waals surface area contributed by atoms with E-state index >= 15 is 0 Å². The first-order valence-corrected chi connectivity index (χ1v) is 10.2. The fraction of sp³-hybridized carbons (Fsp3) is 0.250. The van der Waals surface area contributed by atoms with Gasteiger partial charge in [0, 0.05) is 18.7 Å².